The highest BCUT2D eigenvalue weighted by molar-refractivity contribution is 6.39. The number of benzene rings is 3. The standard InChI is InChI=1S/C29H21Cl2FN4O4/c1-39-24-12-17(30)11-21(31)25(24)26-19-6-2-3-7-22(19)34-29(38)27(35-26)36-28(37)20-13-18(32)8-9-23(20)40-15-16-5-4-10-33-14-16/h2-14,27H,15H2,1H3,(H,34,38)(H,36,37). The van der Waals surface area contributed by atoms with Gasteiger partial charge in [-0.2, -0.15) is 0 Å². The normalized spacial score (nSPS) is 14.3. The van der Waals surface area contributed by atoms with E-state index in [9.17, 15) is 14.0 Å². The topological polar surface area (TPSA) is 102 Å². The Kier molecular flexibility index (Phi) is 7.95. The van der Waals surface area contributed by atoms with E-state index >= 15 is 0 Å². The van der Waals surface area contributed by atoms with E-state index in [0.29, 0.717) is 27.6 Å². The number of ether oxygens (including phenoxy) is 2. The zero-order valence-electron chi connectivity index (χ0n) is 21.0. The molecule has 2 N–H and O–H groups in total. The molecule has 0 radical (unpaired) electrons. The molecule has 5 rings (SSSR count). The molecule has 1 atom stereocenters. The number of fused-ring (bicyclic) bond motifs is 1. The molecule has 1 aliphatic heterocycles. The van der Waals surface area contributed by atoms with Crippen LogP contribution in [0.15, 0.2) is 84.1 Å². The number of nitrogens with one attached hydrogen (secondary N) is 2. The van der Waals surface area contributed by atoms with Crippen molar-refractivity contribution in [3.8, 4) is 11.5 Å². The van der Waals surface area contributed by atoms with Gasteiger partial charge in [-0.3, -0.25) is 14.6 Å². The van der Waals surface area contributed by atoms with E-state index < -0.39 is 23.8 Å². The second-order valence-electron chi connectivity index (χ2n) is 8.64. The number of para-hydroxylation sites is 1. The van der Waals surface area contributed by atoms with Crippen molar-refractivity contribution < 1.29 is 23.5 Å². The van der Waals surface area contributed by atoms with Gasteiger partial charge in [0, 0.05) is 28.5 Å². The van der Waals surface area contributed by atoms with E-state index in [0.717, 1.165) is 11.6 Å². The van der Waals surface area contributed by atoms with Gasteiger partial charge >= 0.3 is 0 Å². The minimum absolute atomic E-state index is 0.0934. The predicted octanol–water partition coefficient (Wildman–Crippen LogP) is 5.66. The molecule has 4 aromatic rings. The summed E-state index contributed by atoms with van der Waals surface area (Å²) in [7, 11) is 1.45. The Balaban J connectivity index is 1.52. The fourth-order valence-corrected chi connectivity index (χ4v) is 4.71. The van der Waals surface area contributed by atoms with Crippen LogP contribution in [0.5, 0.6) is 11.5 Å². The Labute approximate surface area is 238 Å². The Morgan fingerprint density at radius 1 is 1.07 bits per heavy atom. The minimum Gasteiger partial charge on any atom is -0.496 e. The molecule has 0 spiro atoms. The largest absolute Gasteiger partial charge is 0.496 e. The Morgan fingerprint density at radius 2 is 1.90 bits per heavy atom. The molecule has 0 saturated heterocycles. The van der Waals surface area contributed by atoms with Gasteiger partial charge in [-0.15, -0.1) is 0 Å². The zero-order valence-corrected chi connectivity index (χ0v) is 22.5. The zero-order chi connectivity index (χ0) is 28.2. The number of methoxy groups -OCH3 is 1. The van der Waals surface area contributed by atoms with Gasteiger partial charge in [-0.05, 0) is 42.5 Å². The van der Waals surface area contributed by atoms with Crippen molar-refractivity contribution in [2.45, 2.75) is 12.8 Å². The van der Waals surface area contributed by atoms with Gasteiger partial charge in [-0.1, -0.05) is 47.5 Å². The van der Waals surface area contributed by atoms with Crippen LogP contribution in [-0.4, -0.2) is 35.8 Å². The number of halogens is 3. The maximum Gasteiger partial charge on any atom is 0.269 e. The van der Waals surface area contributed by atoms with Crippen molar-refractivity contribution in [1.29, 1.82) is 0 Å². The van der Waals surface area contributed by atoms with Crippen LogP contribution in [0.1, 0.15) is 27.0 Å². The highest BCUT2D eigenvalue weighted by Crippen LogP contribution is 2.35. The van der Waals surface area contributed by atoms with Crippen LogP contribution < -0.4 is 20.1 Å². The molecule has 0 aliphatic carbocycles. The summed E-state index contributed by atoms with van der Waals surface area (Å²) in [5, 5.41) is 5.94. The summed E-state index contributed by atoms with van der Waals surface area (Å²) < 4.78 is 25.5. The average molecular weight is 579 g/mol. The van der Waals surface area contributed by atoms with Crippen LogP contribution in [0, 0.1) is 5.82 Å². The number of aliphatic imine (C=N–C) groups is 1. The van der Waals surface area contributed by atoms with Crippen LogP contribution in [0.4, 0.5) is 10.1 Å². The number of anilines is 1. The lowest BCUT2D eigenvalue weighted by atomic mass is 9.99. The second-order valence-corrected chi connectivity index (χ2v) is 9.49. The van der Waals surface area contributed by atoms with E-state index in [1.165, 1.54) is 25.3 Å². The summed E-state index contributed by atoms with van der Waals surface area (Å²) in [6.45, 7) is 0.0934. The van der Waals surface area contributed by atoms with E-state index in [2.05, 4.69) is 20.6 Å². The van der Waals surface area contributed by atoms with Crippen molar-refractivity contribution in [3.05, 3.63) is 117 Å². The fourth-order valence-electron chi connectivity index (χ4n) is 4.15. The van der Waals surface area contributed by atoms with Crippen molar-refractivity contribution in [2.24, 2.45) is 4.99 Å². The number of rotatable bonds is 7. The highest BCUT2D eigenvalue weighted by atomic mass is 35.5. The molecule has 11 heteroatoms. The molecule has 1 aliphatic rings. The second kappa shape index (κ2) is 11.7. The number of amides is 2. The van der Waals surface area contributed by atoms with Gasteiger partial charge < -0.3 is 20.1 Å². The van der Waals surface area contributed by atoms with E-state index in [1.54, 1.807) is 54.9 Å². The summed E-state index contributed by atoms with van der Waals surface area (Å²) in [6, 6.07) is 17.2. The molecule has 40 heavy (non-hydrogen) atoms. The molecule has 0 bridgehead atoms. The summed E-state index contributed by atoms with van der Waals surface area (Å²) in [5.74, 6) is -1.61. The lowest BCUT2D eigenvalue weighted by Gasteiger charge is -2.17. The van der Waals surface area contributed by atoms with Crippen LogP contribution in [0.25, 0.3) is 0 Å². The Morgan fingerprint density at radius 3 is 2.67 bits per heavy atom. The van der Waals surface area contributed by atoms with E-state index in [-0.39, 0.29) is 28.7 Å². The number of carbonyl (C=O) groups is 2. The quantitative estimate of drug-likeness (QED) is 0.294. The Bertz CT molecular complexity index is 1630. The minimum atomic E-state index is -1.42. The third-order valence-corrected chi connectivity index (χ3v) is 6.51. The van der Waals surface area contributed by atoms with Gasteiger partial charge in [-0.25, -0.2) is 9.38 Å². The molecule has 0 saturated carbocycles. The highest BCUT2D eigenvalue weighted by Gasteiger charge is 2.30. The van der Waals surface area contributed by atoms with Gasteiger partial charge in [0.2, 0.25) is 6.17 Å². The summed E-state index contributed by atoms with van der Waals surface area (Å²) >= 11 is 12.8. The average Bonchev–Trinajstić information content (AvgIpc) is 3.08. The molecule has 3 aromatic carbocycles. The van der Waals surface area contributed by atoms with E-state index in [4.69, 9.17) is 32.7 Å². The number of hydrogen-bond acceptors (Lipinski definition) is 6. The van der Waals surface area contributed by atoms with Gasteiger partial charge in [0.1, 0.15) is 23.9 Å². The molecule has 1 aromatic heterocycles. The molecular formula is C29H21Cl2FN4O4. The molecule has 2 heterocycles. The first-order valence-corrected chi connectivity index (χ1v) is 12.7. The molecule has 8 nitrogen and oxygen atoms in total. The first-order valence-electron chi connectivity index (χ1n) is 12.0. The lowest BCUT2D eigenvalue weighted by molar-refractivity contribution is -0.117. The first kappa shape index (κ1) is 27.1. The molecule has 2 amide bonds. The third-order valence-electron chi connectivity index (χ3n) is 5.99. The fraction of sp³-hybridized carbons (Fsp3) is 0.103. The van der Waals surface area contributed by atoms with Crippen molar-refractivity contribution in [2.75, 3.05) is 12.4 Å². The molecular weight excluding hydrogens is 558 g/mol. The summed E-state index contributed by atoms with van der Waals surface area (Å²) in [4.78, 5) is 35.3. The lowest BCUT2D eigenvalue weighted by Crippen LogP contribution is -2.42. The number of benzodiazepines with no additional fused rings is 1. The van der Waals surface area contributed by atoms with Crippen LogP contribution in [0.2, 0.25) is 10.0 Å². The van der Waals surface area contributed by atoms with E-state index in [1.807, 2.05) is 0 Å². The van der Waals surface area contributed by atoms with Crippen molar-refractivity contribution in [3.63, 3.8) is 0 Å². The van der Waals surface area contributed by atoms with Crippen LogP contribution >= 0.6 is 23.2 Å². The summed E-state index contributed by atoms with van der Waals surface area (Å²) in [6.07, 6.45) is 1.82. The SMILES string of the molecule is COc1cc(Cl)cc(Cl)c1C1=NC(NC(=O)c2cc(F)ccc2OCc2cccnc2)C(=O)Nc2ccccc21. The maximum absolute atomic E-state index is 14.2. The predicted molar refractivity (Wildman–Crippen MR) is 150 cm³/mol. The molecule has 0 fully saturated rings. The van der Waals surface area contributed by atoms with Crippen molar-refractivity contribution >= 4 is 46.4 Å². The van der Waals surface area contributed by atoms with Crippen LogP contribution in [-0.2, 0) is 11.4 Å². The van der Waals surface area contributed by atoms with Gasteiger partial charge in [0.15, 0.2) is 0 Å². The van der Waals surface area contributed by atoms with Gasteiger partial charge in [0.05, 0.1) is 34.7 Å². The monoisotopic (exact) mass is 578 g/mol. The number of hydrogen-bond donors (Lipinski definition) is 2. The first-order chi connectivity index (χ1) is 19.3. The molecule has 202 valence electrons. The number of nitrogens with zero attached hydrogens (tertiary/aromatic N) is 2. The number of carbonyl (C=O) groups excluding carboxylic acids is 2. The van der Waals surface area contributed by atoms with Crippen LogP contribution in [0.3, 0.4) is 0 Å². The smallest absolute Gasteiger partial charge is 0.269 e. The maximum atomic E-state index is 14.2. The third kappa shape index (κ3) is 5.75. The number of pyridine rings is 1. The summed E-state index contributed by atoms with van der Waals surface area (Å²) in [5.41, 5.74) is 2.29. The number of aromatic nitrogens is 1. The Hall–Kier alpha value is -4.47. The van der Waals surface area contributed by atoms with Gasteiger partial charge in [0.25, 0.3) is 11.8 Å². The van der Waals surface area contributed by atoms with Crippen molar-refractivity contribution in [1.82, 2.24) is 10.3 Å². The molecule has 1 unspecified atom stereocenters.